The van der Waals surface area contributed by atoms with Crippen LogP contribution in [0.4, 0.5) is 0 Å². The molecule has 0 saturated heterocycles. The molecule has 0 saturated carbocycles. The van der Waals surface area contributed by atoms with Crippen molar-refractivity contribution in [3.8, 4) is 0 Å². The lowest BCUT2D eigenvalue weighted by Gasteiger charge is -2.00. The Morgan fingerprint density at radius 2 is 2.20 bits per heavy atom. The van der Waals surface area contributed by atoms with Gasteiger partial charge in [-0.15, -0.1) is 11.6 Å². The molecule has 0 spiro atoms. The van der Waals surface area contributed by atoms with E-state index in [1.165, 1.54) is 5.56 Å². The average Bonchev–Trinajstić information content (AvgIpc) is 2.59. The molecule has 2 rings (SSSR count). The molecule has 0 aliphatic rings. The smallest absolute Gasteiger partial charge is 0.182 e. The number of alkyl halides is 1. The zero-order valence-electron chi connectivity index (χ0n) is 8.67. The molecule has 78 valence electrons. The van der Waals surface area contributed by atoms with Crippen molar-refractivity contribution in [3.05, 3.63) is 35.5 Å². The Hall–Kier alpha value is -1.28. The van der Waals surface area contributed by atoms with Gasteiger partial charge in [0.05, 0.1) is 5.38 Å². The molecule has 0 radical (unpaired) electrons. The number of rotatable bonds is 2. The van der Waals surface area contributed by atoms with E-state index in [2.05, 4.69) is 4.98 Å². The van der Waals surface area contributed by atoms with E-state index in [1.54, 1.807) is 13.1 Å². The quantitative estimate of drug-likeness (QED) is 0.613. The molecule has 2 nitrogen and oxygen atoms in total. The fourth-order valence-electron chi connectivity index (χ4n) is 1.66. The Kier molecular flexibility index (Phi) is 2.53. The molecule has 1 aromatic carbocycles. The molecule has 1 aromatic heterocycles. The van der Waals surface area contributed by atoms with E-state index in [0.29, 0.717) is 5.56 Å². The summed E-state index contributed by atoms with van der Waals surface area (Å²) in [5, 5.41) is 0.461. The second kappa shape index (κ2) is 3.70. The SMILES string of the molecule is Cc1ccc2c(C(=O)C(C)Cl)c[nH]c2c1. The van der Waals surface area contributed by atoms with E-state index in [0.717, 1.165) is 10.9 Å². The minimum Gasteiger partial charge on any atom is -0.360 e. The maximum atomic E-state index is 11.8. The summed E-state index contributed by atoms with van der Waals surface area (Å²) >= 11 is 5.79. The van der Waals surface area contributed by atoms with E-state index >= 15 is 0 Å². The van der Waals surface area contributed by atoms with Gasteiger partial charge < -0.3 is 4.98 Å². The van der Waals surface area contributed by atoms with E-state index in [9.17, 15) is 4.79 Å². The van der Waals surface area contributed by atoms with Crippen LogP contribution in [0.15, 0.2) is 24.4 Å². The van der Waals surface area contributed by atoms with E-state index in [-0.39, 0.29) is 5.78 Å². The molecule has 0 bridgehead atoms. The first-order valence-electron chi connectivity index (χ1n) is 4.85. The molecular formula is C12H12ClNO. The zero-order valence-corrected chi connectivity index (χ0v) is 9.43. The van der Waals surface area contributed by atoms with Crippen molar-refractivity contribution < 1.29 is 4.79 Å². The molecule has 0 aliphatic heterocycles. The van der Waals surface area contributed by atoms with Crippen molar-refractivity contribution in [1.82, 2.24) is 4.98 Å². The van der Waals surface area contributed by atoms with Gasteiger partial charge in [0.1, 0.15) is 0 Å². The second-order valence-electron chi connectivity index (χ2n) is 3.73. The Morgan fingerprint density at radius 1 is 1.47 bits per heavy atom. The van der Waals surface area contributed by atoms with Crippen LogP contribution in [0.5, 0.6) is 0 Å². The molecule has 15 heavy (non-hydrogen) atoms. The lowest BCUT2D eigenvalue weighted by atomic mass is 10.1. The van der Waals surface area contributed by atoms with Crippen molar-refractivity contribution >= 4 is 28.3 Å². The van der Waals surface area contributed by atoms with Crippen molar-refractivity contribution in [3.63, 3.8) is 0 Å². The molecule has 0 fully saturated rings. The number of hydrogen-bond acceptors (Lipinski definition) is 1. The van der Waals surface area contributed by atoms with Gasteiger partial charge in [-0.05, 0) is 25.5 Å². The third kappa shape index (κ3) is 1.77. The number of aromatic amines is 1. The van der Waals surface area contributed by atoms with Crippen molar-refractivity contribution in [2.24, 2.45) is 0 Å². The zero-order chi connectivity index (χ0) is 11.0. The van der Waals surface area contributed by atoms with E-state index in [1.807, 2.05) is 25.1 Å². The van der Waals surface area contributed by atoms with Gasteiger partial charge in [-0.25, -0.2) is 0 Å². The van der Waals surface area contributed by atoms with E-state index < -0.39 is 5.38 Å². The first kappa shape index (κ1) is 10.2. The molecule has 0 aliphatic carbocycles. The van der Waals surface area contributed by atoms with Crippen LogP contribution in [0.25, 0.3) is 10.9 Å². The predicted molar refractivity (Wildman–Crippen MR) is 62.7 cm³/mol. The molecular weight excluding hydrogens is 210 g/mol. The third-order valence-electron chi connectivity index (χ3n) is 2.46. The minimum absolute atomic E-state index is 0.0354. The number of aryl methyl sites for hydroxylation is 1. The number of Topliss-reactive ketones (excluding diaryl/α,β-unsaturated/α-hetero) is 1. The van der Waals surface area contributed by atoms with Crippen LogP contribution < -0.4 is 0 Å². The lowest BCUT2D eigenvalue weighted by Crippen LogP contribution is -2.09. The van der Waals surface area contributed by atoms with Crippen LogP contribution in [-0.2, 0) is 0 Å². The molecule has 0 amide bonds. The number of carbonyl (C=O) groups excluding carboxylic acids is 1. The fourth-order valence-corrected chi connectivity index (χ4v) is 1.78. The number of nitrogens with one attached hydrogen (secondary N) is 1. The summed E-state index contributed by atoms with van der Waals surface area (Å²) in [5.41, 5.74) is 2.82. The summed E-state index contributed by atoms with van der Waals surface area (Å²) in [6.45, 7) is 3.71. The van der Waals surface area contributed by atoms with Crippen LogP contribution in [0.2, 0.25) is 0 Å². The Morgan fingerprint density at radius 3 is 2.87 bits per heavy atom. The van der Waals surface area contributed by atoms with Crippen LogP contribution >= 0.6 is 11.6 Å². The monoisotopic (exact) mass is 221 g/mol. The van der Waals surface area contributed by atoms with E-state index in [4.69, 9.17) is 11.6 Å². The van der Waals surface area contributed by atoms with Gasteiger partial charge >= 0.3 is 0 Å². The highest BCUT2D eigenvalue weighted by Gasteiger charge is 2.16. The maximum absolute atomic E-state index is 11.8. The van der Waals surface area contributed by atoms with Gasteiger partial charge in [-0.2, -0.15) is 0 Å². The van der Waals surface area contributed by atoms with Crippen molar-refractivity contribution in [2.45, 2.75) is 19.2 Å². The highest BCUT2D eigenvalue weighted by molar-refractivity contribution is 6.34. The summed E-state index contributed by atoms with van der Waals surface area (Å²) in [7, 11) is 0. The standard InChI is InChI=1S/C12H12ClNO/c1-7-3-4-9-10(12(15)8(2)13)6-14-11(9)5-7/h3-6,8,14H,1-2H3. The Balaban J connectivity index is 2.59. The highest BCUT2D eigenvalue weighted by Crippen LogP contribution is 2.21. The summed E-state index contributed by atoms with van der Waals surface area (Å²) in [5.74, 6) is -0.0354. The molecule has 1 N–H and O–H groups in total. The molecule has 1 heterocycles. The van der Waals surface area contributed by atoms with Crippen LogP contribution in [0.1, 0.15) is 22.8 Å². The van der Waals surface area contributed by atoms with Crippen LogP contribution in [0.3, 0.4) is 0 Å². The number of ketones is 1. The normalized spacial score (nSPS) is 13.0. The van der Waals surface area contributed by atoms with Crippen molar-refractivity contribution in [1.29, 1.82) is 0 Å². The topological polar surface area (TPSA) is 32.9 Å². The fraction of sp³-hybridized carbons (Fsp3) is 0.250. The summed E-state index contributed by atoms with van der Waals surface area (Å²) in [6.07, 6.45) is 1.73. The van der Waals surface area contributed by atoms with Gasteiger partial charge in [-0.1, -0.05) is 12.1 Å². The number of H-pyrrole nitrogens is 1. The molecule has 1 unspecified atom stereocenters. The number of fused-ring (bicyclic) bond motifs is 1. The Labute approximate surface area is 93.2 Å². The largest absolute Gasteiger partial charge is 0.360 e. The number of benzene rings is 1. The summed E-state index contributed by atoms with van der Waals surface area (Å²) in [4.78, 5) is 14.8. The predicted octanol–water partition coefficient (Wildman–Crippen LogP) is 3.29. The minimum atomic E-state index is -0.481. The van der Waals surface area contributed by atoms with Crippen LogP contribution in [-0.4, -0.2) is 16.1 Å². The second-order valence-corrected chi connectivity index (χ2v) is 4.39. The first-order valence-corrected chi connectivity index (χ1v) is 5.29. The molecule has 3 heteroatoms. The maximum Gasteiger partial charge on any atom is 0.182 e. The lowest BCUT2D eigenvalue weighted by molar-refractivity contribution is 0.0993. The molecule has 1 atom stereocenters. The van der Waals surface area contributed by atoms with Crippen molar-refractivity contribution in [2.75, 3.05) is 0 Å². The first-order chi connectivity index (χ1) is 7.09. The van der Waals surface area contributed by atoms with Gasteiger partial charge in [0.15, 0.2) is 5.78 Å². The Bertz CT molecular complexity index is 513. The van der Waals surface area contributed by atoms with Gasteiger partial charge in [-0.3, -0.25) is 4.79 Å². The van der Waals surface area contributed by atoms with Crippen LogP contribution in [0, 0.1) is 6.92 Å². The third-order valence-corrected chi connectivity index (χ3v) is 2.66. The molecule has 2 aromatic rings. The van der Waals surface area contributed by atoms with Gasteiger partial charge in [0, 0.05) is 22.7 Å². The van der Waals surface area contributed by atoms with Gasteiger partial charge in [0.25, 0.3) is 0 Å². The van der Waals surface area contributed by atoms with Gasteiger partial charge in [0.2, 0.25) is 0 Å². The number of halogens is 1. The highest BCUT2D eigenvalue weighted by atomic mass is 35.5. The summed E-state index contributed by atoms with van der Waals surface area (Å²) in [6, 6.07) is 5.96. The number of carbonyl (C=O) groups is 1. The average molecular weight is 222 g/mol. The number of aromatic nitrogens is 1. The number of hydrogen-bond donors (Lipinski definition) is 1. The summed E-state index contributed by atoms with van der Waals surface area (Å²) < 4.78 is 0.